The van der Waals surface area contributed by atoms with Crippen molar-refractivity contribution in [3.63, 3.8) is 0 Å². The van der Waals surface area contributed by atoms with E-state index < -0.39 is 75.9 Å². The summed E-state index contributed by atoms with van der Waals surface area (Å²) in [5, 5.41) is 11.0. The van der Waals surface area contributed by atoms with Gasteiger partial charge < -0.3 is 31.7 Å². The summed E-state index contributed by atoms with van der Waals surface area (Å²) in [5.74, 6) is -2.94. The van der Waals surface area contributed by atoms with Gasteiger partial charge in [-0.1, -0.05) is 81.7 Å². The Morgan fingerprint density at radius 1 is 0.915 bits per heavy atom. The summed E-state index contributed by atoms with van der Waals surface area (Å²) >= 11 is 0. The van der Waals surface area contributed by atoms with Crippen LogP contribution in [-0.2, 0) is 41.6 Å². The number of carbonyl (C=O) groups is 5. The van der Waals surface area contributed by atoms with Crippen LogP contribution in [0.3, 0.4) is 0 Å². The number of nitrogens with two attached hydrogens (primary N) is 1. The summed E-state index contributed by atoms with van der Waals surface area (Å²) < 4.78 is 3.60. The topological polar surface area (TPSA) is 169 Å². The van der Waals surface area contributed by atoms with E-state index in [-0.39, 0.29) is 12.8 Å². The molecule has 6 N–H and O–H groups in total. The number of aryl methyl sites for hydroxylation is 1. The second-order valence-electron chi connectivity index (χ2n) is 13.1. The fraction of sp³-hybridized carbons (Fsp3) is 0.500. The number of hydrogen-bond acceptors (Lipinski definition) is 9. The fourth-order valence-corrected chi connectivity index (χ4v) is 7.63. The van der Waals surface area contributed by atoms with Crippen LogP contribution in [0.25, 0.3) is 0 Å². The first-order chi connectivity index (χ1) is 22.0. The number of amides is 4. The standard InChI is InChI=1S/C34H47N5O6S2/c1-20(2)45-32(44)28-34(6,7)47-46-33(4,5)27(38-29(41)24(35)17-23-15-13-21(3)14-16-23)31(43)36-19-26(40)37-25(30(42)39-28)18-22-11-9-8-10-12-22/h8-16,20,24-25,27-28H,17-19,35H2,1-7H3,(H,36,43)(H,37,40)(H,38,41)(H,39,42). The van der Waals surface area contributed by atoms with Crippen molar-refractivity contribution in [2.45, 2.75) is 101 Å². The maximum absolute atomic E-state index is 13.7. The van der Waals surface area contributed by atoms with E-state index in [1.165, 1.54) is 21.6 Å². The normalized spacial score (nSPS) is 22.6. The first kappa shape index (κ1) is 37.9. The predicted octanol–water partition coefficient (Wildman–Crippen LogP) is 2.58. The molecule has 3 rings (SSSR count). The molecule has 1 saturated heterocycles. The van der Waals surface area contributed by atoms with Crippen LogP contribution in [0.4, 0.5) is 0 Å². The van der Waals surface area contributed by atoms with E-state index >= 15 is 0 Å². The highest BCUT2D eigenvalue weighted by Gasteiger charge is 2.45. The molecule has 0 radical (unpaired) electrons. The molecular formula is C34H47N5O6S2. The molecule has 2 aromatic rings. The number of nitrogens with one attached hydrogen (secondary N) is 4. The third kappa shape index (κ3) is 11.3. The Morgan fingerprint density at radius 3 is 2.15 bits per heavy atom. The van der Waals surface area contributed by atoms with Crippen LogP contribution in [-0.4, -0.2) is 75.9 Å². The van der Waals surface area contributed by atoms with Crippen molar-refractivity contribution in [2.75, 3.05) is 6.54 Å². The van der Waals surface area contributed by atoms with Gasteiger partial charge in [0.15, 0.2) is 0 Å². The average molecular weight is 686 g/mol. The van der Waals surface area contributed by atoms with Crippen molar-refractivity contribution in [1.82, 2.24) is 21.3 Å². The molecule has 256 valence electrons. The second kappa shape index (κ2) is 16.5. The molecule has 47 heavy (non-hydrogen) atoms. The highest BCUT2D eigenvalue weighted by Crippen LogP contribution is 2.47. The maximum atomic E-state index is 13.7. The van der Waals surface area contributed by atoms with Crippen molar-refractivity contribution >= 4 is 51.2 Å². The molecule has 0 spiro atoms. The lowest BCUT2D eigenvalue weighted by Gasteiger charge is -2.39. The number of benzene rings is 2. The Labute approximate surface area is 285 Å². The van der Waals surface area contributed by atoms with Crippen molar-refractivity contribution in [3.8, 4) is 0 Å². The number of rotatable bonds is 8. The number of ether oxygens (including phenoxy) is 1. The minimum absolute atomic E-state index is 0.144. The molecule has 4 amide bonds. The molecule has 4 atom stereocenters. The summed E-state index contributed by atoms with van der Waals surface area (Å²) in [7, 11) is 2.55. The van der Waals surface area contributed by atoms with Gasteiger partial charge in [-0.3, -0.25) is 19.2 Å². The molecule has 4 unspecified atom stereocenters. The molecule has 0 aromatic heterocycles. The van der Waals surface area contributed by atoms with E-state index in [9.17, 15) is 24.0 Å². The number of esters is 1. The zero-order chi connectivity index (χ0) is 34.9. The zero-order valence-electron chi connectivity index (χ0n) is 28.0. The van der Waals surface area contributed by atoms with Crippen molar-refractivity contribution < 1.29 is 28.7 Å². The summed E-state index contributed by atoms with van der Waals surface area (Å²) in [5.41, 5.74) is 9.03. The van der Waals surface area contributed by atoms with Crippen LogP contribution in [0, 0.1) is 6.92 Å². The molecular weight excluding hydrogens is 639 g/mol. The van der Waals surface area contributed by atoms with Crippen molar-refractivity contribution in [3.05, 3.63) is 71.3 Å². The monoisotopic (exact) mass is 685 g/mol. The quantitative estimate of drug-likeness (QED) is 0.207. The molecule has 1 aliphatic heterocycles. The average Bonchev–Trinajstić information content (AvgIpc) is 3.00. The lowest BCUT2D eigenvalue weighted by Crippen LogP contribution is -2.62. The zero-order valence-corrected chi connectivity index (χ0v) is 29.7. The molecule has 11 nitrogen and oxygen atoms in total. The first-order valence-corrected chi connectivity index (χ1v) is 17.7. The van der Waals surface area contributed by atoms with Crippen LogP contribution >= 0.6 is 21.6 Å². The molecule has 1 aliphatic rings. The van der Waals surface area contributed by atoms with Crippen LogP contribution in [0.2, 0.25) is 0 Å². The van der Waals surface area contributed by atoms with E-state index in [0.717, 1.165) is 16.7 Å². The largest absolute Gasteiger partial charge is 0.461 e. The SMILES string of the molecule is Cc1ccc(CC(N)C(=O)NC2C(=O)NCC(=O)NC(Cc3ccccc3)C(=O)NC(C(=O)OC(C)C)C(C)(C)SSC2(C)C)cc1. The second-order valence-corrected chi connectivity index (χ2v) is 16.5. The fourth-order valence-electron chi connectivity index (χ4n) is 4.82. The van der Waals surface area contributed by atoms with Gasteiger partial charge >= 0.3 is 5.97 Å². The predicted molar refractivity (Wildman–Crippen MR) is 186 cm³/mol. The van der Waals surface area contributed by atoms with Crippen molar-refractivity contribution in [2.24, 2.45) is 5.73 Å². The lowest BCUT2D eigenvalue weighted by molar-refractivity contribution is -0.152. The smallest absolute Gasteiger partial charge is 0.330 e. The first-order valence-electron chi connectivity index (χ1n) is 15.6. The van der Waals surface area contributed by atoms with Gasteiger partial charge in [-0.05, 0) is 66.0 Å². The van der Waals surface area contributed by atoms with Crippen LogP contribution in [0.15, 0.2) is 54.6 Å². The highest BCUT2D eigenvalue weighted by molar-refractivity contribution is 8.77. The molecule has 1 fully saturated rings. The van der Waals surface area contributed by atoms with Gasteiger partial charge in [-0.25, -0.2) is 4.79 Å². The lowest BCUT2D eigenvalue weighted by atomic mass is 10.00. The van der Waals surface area contributed by atoms with E-state index in [0.29, 0.717) is 0 Å². The van der Waals surface area contributed by atoms with E-state index in [1.54, 1.807) is 41.5 Å². The van der Waals surface area contributed by atoms with E-state index in [2.05, 4.69) is 21.3 Å². The molecule has 1 heterocycles. The Bertz CT molecular complexity index is 1420. The molecule has 0 bridgehead atoms. The van der Waals surface area contributed by atoms with Gasteiger partial charge in [0, 0.05) is 11.2 Å². The van der Waals surface area contributed by atoms with Crippen LogP contribution < -0.4 is 27.0 Å². The Morgan fingerprint density at radius 2 is 1.53 bits per heavy atom. The summed E-state index contributed by atoms with van der Waals surface area (Å²) in [4.78, 5) is 67.3. The summed E-state index contributed by atoms with van der Waals surface area (Å²) in [6.45, 7) is 12.1. The van der Waals surface area contributed by atoms with Crippen molar-refractivity contribution in [1.29, 1.82) is 0 Å². The van der Waals surface area contributed by atoms with Gasteiger partial charge in [-0.2, -0.15) is 0 Å². The van der Waals surface area contributed by atoms with Gasteiger partial charge in [0.05, 0.1) is 23.4 Å². The Balaban J connectivity index is 1.93. The minimum Gasteiger partial charge on any atom is -0.461 e. The Hall–Kier alpha value is -3.55. The number of carbonyl (C=O) groups excluding carboxylic acids is 5. The maximum Gasteiger partial charge on any atom is 0.330 e. The highest BCUT2D eigenvalue weighted by atomic mass is 33.1. The van der Waals surface area contributed by atoms with E-state index in [4.69, 9.17) is 10.5 Å². The van der Waals surface area contributed by atoms with Gasteiger partial charge in [0.1, 0.15) is 18.1 Å². The van der Waals surface area contributed by atoms with Gasteiger partial charge in [0.2, 0.25) is 23.6 Å². The molecule has 2 aromatic carbocycles. The van der Waals surface area contributed by atoms with Crippen LogP contribution in [0.5, 0.6) is 0 Å². The van der Waals surface area contributed by atoms with E-state index in [1.807, 2.05) is 61.5 Å². The van der Waals surface area contributed by atoms with Gasteiger partial charge in [0.25, 0.3) is 0 Å². The number of hydrogen-bond donors (Lipinski definition) is 5. The molecule has 0 saturated carbocycles. The third-order valence-electron chi connectivity index (χ3n) is 7.56. The molecule has 13 heteroatoms. The Kier molecular flexibility index (Phi) is 13.3. The third-order valence-corrected chi connectivity index (χ3v) is 11.8. The summed E-state index contributed by atoms with van der Waals surface area (Å²) in [6, 6.07) is 12.6. The summed E-state index contributed by atoms with van der Waals surface area (Å²) in [6.07, 6.45) is -0.0319. The minimum atomic E-state index is -1.12. The molecule has 0 aliphatic carbocycles. The van der Waals surface area contributed by atoms with Gasteiger partial charge in [-0.15, -0.1) is 0 Å². The van der Waals surface area contributed by atoms with Crippen LogP contribution in [0.1, 0.15) is 58.2 Å².